The normalized spacial score (nSPS) is 34.3. The molecule has 3 aliphatic rings. The van der Waals surface area contributed by atoms with Gasteiger partial charge in [-0.2, -0.15) is 0 Å². The van der Waals surface area contributed by atoms with Crippen molar-refractivity contribution < 1.29 is 29.3 Å². The van der Waals surface area contributed by atoms with Crippen molar-refractivity contribution in [1.29, 1.82) is 0 Å². The van der Waals surface area contributed by atoms with Gasteiger partial charge in [0.25, 0.3) is 0 Å². The van der Waals surface area contributed by atoms with E-state index in [-0.39, 0.29) is 18.1 Å². The number of benzene rings is 1. The summed E-state index contributed by atoms with van der Waals surface area (Å²) < 4.78 is 5.64. The van der Waals surface area contributed by atoms with E-state index in [1.807, 2.05) is 0 Å². The van der Waals surface area contributed by atoms with Crippen LogP contribution in [0, 0.1) is 11.8 Å². The van der Waals surface area contributed by atoms with E-state index in [1.54, 1.807) is 12.2 Å². The summed E-state index contributed by atoms with van der Waals surface area (Å²) in [5, 5.41) is 18.5. The lowest BCUT2D eigenvalue weighted by atomic mass is 9.77. The fourth-order valence-electron chi connectivity index (χ4n) is 3.69. The maximum absolute atomic E-state index is 12.7. The van der Waals surface area contributed by atoms with Crippen LogP contribution in [0.4, 0.5) is 5.69 Å². The second kappa shape index (κ2) is 4.50. The number of aliphatic hydroxyl groups is 1. The van der Waals surface area contributed by atoms with Crippen molar-refractivity contribution in [3.05, 3.63) is 42.0 Å². The molecule has 118 valence electrons. The highest BCUT2D eigenvalue weighted by Gasteiger charge is 2.67. The van der Waals surface area contributed by atoms with E-state index >= 15 is 0 Å². The quantitative estimate of drug-likeness (QED) is 0.609. The molecule has 1 aromatic rings. The van der Waals surface area contributed by atoms with Gasteiger partial charge in [-0.3, -0.25) is 9.59 Å². The van der Waals surface area contributed by atoms with Gasteiger partial charge in [-0.1, -0.05) is 12.2 Å². The van der Waals surface area contributed by atoms with Crippen molar-refractivity contribution in [3.63, 3.8) is 0 Å². The molecule has 3 aliphatic heterocycles. The second-order valence-electron chi connectivity index (χ2n) is 5.92. The Morgan fingerprint density at radius 3 is 2.52 bits per heavy atom. The maximum Gasteiger partial charge on any atom is 0.335 e. The Morgan fingerprint density at radius 1 is 1.22 bits per heavy atom. The van der Waals surface area contributed by atoms with Gasteiger partial charge in [0.05, 0.1) is 35.8 Å². The Kier molecular flexibility index (Phi) is 2.76. The Morgan fingerprint density at radius 2 is 1.91 bits per heavy atom. The Balaban J connectivity index is 1.72. The van der Waals surface area contributed by atoms with E-state index in [1.165, 1.54) is 24.3 Å². The highest BCUT2D eigenvalue weighted by atomic mass is 16.5. The van der Waals surface area contributed by atoms with Crippen LogP contribution in [0.2, 0.25) is 0 Å². The van der Waals surface area contributed by atoms with E-state index in [0.717, 1.165) is 4.90 Å². The number of fused-ring (bicyclic) bond motifs is 5. The number of carboxylic acids is 1. The average Bonchev–Trinajstić information content (AvgIpc) is 3.19. The molecule has 0 saturated carbocycles. The minimum Gasteiger partial charge on any atom is -0.478 e. The molecule has 7 heteroatoms. The lowest BCUT2D eigenvalue weighted by molar-refractivity contribution is -0.128. The molecule has 0 radical (unpaired) electrons. The molecule has 4 atom stereocenters. The summed E-state index contributed by atoms with van der Waals surface area (Å²) in [4.78, 5) is 37.4. The number of aliphatic hydroxyl groups excluding tert-OH is 1. The van der Waals surface area contributed by atoms with Gasteiger partial charge in [0.15, 0.2) is 0 Å². The molecule has 1 aromatic carbocycles. The molecule has 0 spiro atoms. The average molecular weight is 315 g/mol. The number of carboxylic acid groups (broad SMARTS) is 1. The highest BCUT2D eigenvalue weighted by Crippen LogP contribution is 2.52. The van der Waals surface area contributed by atoms with Crippen molar-refractivity contribution in [3.8, 4) is 0 Å². The van der Waals surface area contributed by atoms with Crippen LogP contribution in [0.5, 0.6) is 0 Å². The molecule has 7 nitrogen and oxygen atoms in total. The first-order chi connectivity index (χ1) is 11.0. The van der Waals surface area contributed by atoms with Gasteiger partial charge < -0.3 is 14.9 Å². The standard InChI is InChI=1S/C16H13NO6/c18-7-16-6-5-10(23-16)11-12(16)14(20)17(13(11)19)9-3-1-8(2-4-9)15(21)22/h1-6,10-12,18H,7H2,(H,21,22). The third-order valence-corrected chi connectivity index (χ3v) is 4.77. The summed E-state index contributed by atoms with van der Waals surface area (Å²) in [6.45, 7) is -0.369. The van der Waals surface area contributed by atoms with E-state index in [2.05, 4.69) is 0 Å². The van der Waals surface area contributed by atoms with Gasteiger partial charge in [0, 0.05) is 0 Å². The van der Waals surface area contributed by atoms with Gasteiger partial charge in [-0.15, -0.1) is 0 Å². The van der Waals surface area contributed by atoms with Crippen LogP contribution in [0.3, 0.4) is 0 Å². The molecule has 0 aromatic heterocycles. The summed E-state index contributed by atoms with van der Waals surface area (Å²) >= 11 is 0. The predicted octanol–water partition coefficient (Wildman–Crippen LogP) is 0.190. The van der Waals surface area contributed by atoms with Crippen LogP contribution in [0.25, 0.3) is 0 Å². The molecule has 2 fully saturated rings. The topological polar surface area (TPSA) is 104 Å². The fourth-order valence-corrected chi connectivity index (χ4v) is 3.69. The zero-order chi connectivity index (χ0) is 16.4. The molecule has 3 heterocycles. The van der Waals surface area contributed by atoms with Crippen molar-refractivity contribution in [2.45, 2.75) is 11.7 Å². The van der Waals surface area contributed by atoms with Crippen LogP contribution in [-0.4, -0.2) is 46.3 Å². The molecule has 2 bridgehead atoms. The Bertz CT molecular complexity index is 754. The lowest BCUT2D eigenvalue weighted by Gasteiger charge is -2.26. The van der Waals surface area contributed by atoms with E-state index in [9.17, 15) is 19.5 Å². The monoisotopic (exact) mass is 315 g/mol. The maximum atomic E-state index is 12.7. The smallest absolute Gasteiger partial charge is 0.335 e. The van der Waals surface area contributed by atoms with E-state index < -0.39 is 35.4 Å². The number of hydrogen-bond acceptors (Lipinski definition) is 5. The SMILES string of the molecule is O=C(O)c1ccc(N2C(=O)C3C4C=CC(CO)(O4)C3C2=O)cc1. The first-order valence-corrected chi connectivity index (χ1v) is 7.18. The number of amides is 2. The van der Waals surface area contributed by atoms with Crippen LogP contribution in [0.15, 0.2) is 36.4 Å². The van der Waals surface area contributed by atoms with Crippen molar-refractivity contribution in [1.82, 2.24) is 0 Å². The molecule has 2 amide bonds. The Hall–Kier alpha value is -2.51. The molecule has 23 heavy (non-hydrogen) atoms. The zero-order valence-corrected chi connectivity index (χ0v) is 11.9. The third-order valence-electron chi connectivity index (χ3n) is 4.77. The summed E-state index contributed by atoms with van der Waals surface area (Å²) in [6.07, 6.45) is 2.85. The number of ether oxygens (including phenoxy) is 1. The summed E-state index contributed by atoms with van der Waals surface area (Å²) in [5.41, 5.74) is -0.727. The van der Waals surface area contributed by atoms with Gasteiger partial charge in [-0.05, 0) is 24.3 Å². The van der Waals surface area contributed by atoms with Crippen LogP contribution >= 0.6 is 0 Å². The third kappa shape index (κ3) is 1.68. The number of rotatable bonds is 3. The number of aromatic carboxylic acids is 1. The van der Waals surface area contributed by atoms with E-state index in [4.69, 9.17) is 9.84 Å². The minimum atomic E-state index is -1.13. The number of imide groups is 1. The molecular weight excluding hydrogens is 302 g/mol. The zero-order valence-electron chi connectivity index (χ0n) is 11.9. The van der Waals surface area contributed by atoms with Gasteiger partial charge in [0.2, 0.25) is 11.8 Å². The number of carbonyl (C=O) groups excluding carboxylic acids is 2. The van der Waals surface area contributed by atoms with Crippen molar-refractivity contribution in [2.24, 2.45) is 11.8 Å². The van der Waals surface area contributed by atoms with Crippen molar-refractivity contribution in [2.75, 3.05) is 11.5 Å². The lowest BCUT2D eigenvalue weighted by Crippen LogP contribution is -2.43. The number of carbonyl (C=O) groups is 3. The predicted molar refractivity (Wildman–Crippen MR) is 76.7 cm³/mol. The molecular formula is C16H13NO6. The number of nitrogens with zero attached hydrogens (tertiary/aromatic N) is 1. The molecule has 2 saturated heterocycles. The minimum absolute atomic E-state index is 0.0740. The highest BCUT2D eigenvalue weighted by molar-refractivity contribution is 6.23. The summed E-state index contributed by atoms with van der Waals surface area (Å²) in [5.74, 6) is -3.27. The first kappa shape index (κ1) is 14.1. The van der Waals surface area contributed by atoms with Crippen LogP contribution in [-0.2, 0) is 14.3 Å². The Labute approximate surface area is 130 Å². The number of anilines is 1. The summed E-state index contributed by atoms with van der Waals surface area (Å²) in [7, 11) is 0. The van der Waals surface area contributed by atoms with Gasteiger partial charge in [-0.25, -0.2) is 9.69 Å². The number of hydrogen-bond donors (Lipinski definition) is 2. The fraction of sp³-hybridized carbons (Fsp3) is 0.312. The summed E-state index contributed by atoms with van der Waals surface area (Å²) in [6, 6.07) is 5.55. The molecule has 4 unspecified atom stereocenters. The van der Waals surface area contributed by atoms with E-state index in [0.29, 0.717) is 5.69 Å². The van der Waals surface area contributed by atoms with Crippen molar-refractivity contribution >= 4 is 23.5 Å². The second-order valence-corrected chi connectivity index (χ2v) is 5.92. The molecule has 2 N–H and O–H groups in total. The van der Waals surface area contributed by atoms with Gasteiger partial charge >= 0.3 is 5.97 Å². The van der Waals surface area contributed by atoms with Crippen LogP contribution < -0.4 is 4.90 Å². The molecule has 4 rings (SSSR count). The first-order valence-electron chi connectivity index (χ1n) is 7.18. The largest absolute Gasteiger partial charge is 0.478 e. The van der Waals surface area contributed by atoms with Gasteiger partial charge in [0.1, 0.15) is 5.60 Å². The molecule has 0 aliphatic carbocycles. The van der Waals surface area contributed by atoms with Crippen LogP contribution in [0.1, 0.15) is 10.4 Å².